The molecule has 3 aromatic carbocycles. The molecule has 4 aromatic rings. The van der Waals surface area contributed by atoms with E-state index in [0.29, 0.717) is 43.8 Å². The largest absolute Gasteiger partial charge is 0.495 e. The molecule has 0 spiro atoms. The highest BCUT2D eigenvalue weighted by atomic mass is 35.5. The molecule has 1 aromatic heterocycles. The number of ketones is 1. The summed E-state index contributed by atoms with van der Waals surface area (Å²) in [5.74, 6) is 0.0862. The van der Waals surface area contributed by atoms with Crippen LogP contribution in [-0.4, -0.2) is 33.6 Å². The lowest BCUT2D eigenvalue weighted by molar-refractivity contribution is -0.115. The predicted octanol–water partition coefficient (Wildman–Crippen LogP) is 5.68. The van der Waals surface area contributed by atoms with Crippen LogP contribution in [0.25, 0.3) is 16.6 Å². The summed E-state index contributed by atoms with van der Waals surface area (Å²) in [6, 6.07) is 17.2. The van der Waals surface area contributed by atoms with Crippen LogP contribution in [0.4, 0.5) is 5.69 Å². The van der Waals surface area contributed by atoms with E-state index < -0.39 is 5.25 Å². The summed E-state index contributed by atoms with van der Waals surface area (Å²) in [6.45, 7) is 5.06. The first-order valence-corrected chi connectivity index (χ1v) is 12.4. The highest BCUT2D eigenvalue weighted by Crippen LogP contribution is 2.33. The summed E-state index contributed by atoms with van der Waals surface area (Å²) in [4.78, 5) is 42.9. The molecular formula is C27H24ClN3O4S. The van der Waals surface area contributed by atoms with E-state index in [1.54, 1.807) is 67.6 Å². The summed E-state index contributed by atoms with van der Waals surface area (Å²) in [5, 5.41) is 3.54. The third-order valence-corrected chi connectivity index (χ3v) is 7.12. The number of aromatic nitrogens is 2. The van der Waals surface area contributed by atoms with Crippen LogP contribution in [0.5, 0.6) is 5.75 Å². The van der Waals surface area contributed by atoms with Crippen molar-refractivity contribution >= 4 is 51.6 Å². The van der Waals surface area contributed by atoms with Gasteiger partial charge in [0.05, 0.1) is 29.0 Å². The zero-order chi connectivity index (χ0) is 26.0. The number of Topliss-reactive ketones (excluding diaryl/α,β-unsaturated/α-hetero) is 1. The second-order valence-corrected chi connectivity index (χ2v) is 9.92. The van der Waals surface area contributed by atoms with Gasteiger partial charge in [-0.05, 0) is 68.8 Å². The number of thioether (sulfide) groups is 1. The zero-order valence-corrected chi connectivity index (χ0v) is 21.7. The first kappa shape index (κ1) is 25.5. The number of halogens is 1. The molecule has 0 aliphatic heterocycles. The number of anilines is 1. The number of hydrogen-bond donors (Lipinski definition) is 1. The summed E-state index contributed by atoms with van der Waals surface area (Å²) in [7, 11) is 1.50. The SMILES string of the molecule is COc1cc(Cl)c(C)cc1-n1c(SC(C)C(=O)Nc2ccc(C(C)=O)cc2)nc2ccccc2c1=O. The van der Waals surface area contributed by atoms with E-state index in [0.717, 1.165) is 17.3 Å². The Morgan fingerprint density at radius 1 is 1.11 bits per heavy atom. The summed E-state index contributed by atoms with van der Waals surface area (Å²) < 4.78 is 6.99. The number of nitrogens with one attached hydrogen (secondary N) is 1. The molecule has 0 aliphatic rings. The molecular weight excluding hydrogens is 498 g/mol. The van der Waals surface area contributed by atoms with Gasteiger partial charge in [-0.25, -0.2) is 4.98 Å². The Labute approximate surface area is 217 Å². The molecule has 1 N–H and O–H groups in total. The van der Waals surface area contributed by atoms with Gasteiger partial charge < -0.3 is 10.1 Å². The first-order chi connectivity index (χ1) is 17.2. The molecule has 0 bridgehead atoms. The number of rotatable bonds is 7. The minimum absolute atomic E-state index is 0.0509. The number of aryl methyl sites for hydroxylation is 1. The second kappa shape index (κ2) is 10.6. The second-order valence-electron chi connectivity index (χ2n) is 8.21. The maximum atomic E-state index is 13.6. The van der Waals surface area contributed by atoms with E-state index in [2.05, 4.69) is 5.32 Å². The molecule has 0 fully saturated rings. The van der Waals surface area contributed by atoms with E-state index in [4.69, 9.17) is 21.3 Å². The Bertz CT molecular complexity index is 1530. The van der Waals surface area contributed by atoms with E-state index in [9.17, 15) is 14.4 Å². The Hall–Kier alpha value is -3.62. The average molecular weight is 522 g/mol. The number of benzene rings is 3. The van der Waals surface area contributed by atoms with Gasteiger partial charge in [-0.2, -0.15) is 0 Å². The van der Waals surface area contributed by atoms with Gasteiger partial charge >= 0.3 is 0 Å². The van der Waals surface area contributed by atoms with Crippen molar-refractivity contribution in [1.82, 2.24) is 9.55 Å². The minimum Gasteiger partial charge on any atom is -0.495 e. The molecule has 7 nitrogen and oxygen atoms in total. The number of carbonyl (C=O) groups excluding carboxylic acids is 2. The molecule has 36 heavy (non-hydrogen) atoms. The number of ether oxygens (including phenoxy) is 1. The van der Waals surface area contributed by atoms with Crippen molar-refractivity contribution in [2.75, 3.05) is 12.4 Å². The summed E-state index contributed by atoms with van der Waals surface area (Å²) >= 11 is 7.45. The third kappa shape index (κ3) is 5.15. The van der Waals surface area contributed by atoms with Crippen molar-refractivity contribution in [3.63, 3.8) is 0 Å². The highest BCUT2D eigenvalue weighted by Gasteiger charge is 2.22. The van der Waals surface area contributed by atoms with Crippen LogP contribution in [0.15, 0.2) is 70.6 Å². The van der Waals surface area contributed by atoms with Crippen LogP contribution < -0.4 is 15.6 Å². The van der Waals surface area contributed by atoms with Gasteiger partial charge in [0.25, 0.3) is 5.56 Å². The van der Waals surface area contributed by atoms with Gasteiger partial charge in [-0.3, -0.25) is 19.0 Å². The minimum atomic E-state index is -0.601. The molecule has 0 saturated carbocycles. The summed E-state index contributed by atoms with van der Waals surface area (Å²) in [5.41, 5.74) is 2.62. The normalized spacial score (nSPS) is 11.8. The quantitative estimate of drug-likeness (QED) is 0.191. The molecule has 1 unspecified atom stereocenters. The number of fused-ring (bicyclic) bond motifs is 1. The Kier molecular flexibility index (Phi) is 7.47. The maximum Gasteiger partial charge on any atom is 0.266 e. The number of nitrogens with zero attached hydrogens (tertiary/aromatic N) is 2. The fourth-order valence-corrected chi connectivity index (χ4v) is 4.71. The van der Waals surface area contributed by atoms with E-state index in [1.807, 2.05) is 6.92 Å². The molecule has 1 heterocycles. The Balaban J connectivity index is 1.74. The van der Waals surface area contributed by atoms with Crippen molar-refractivity contribution in [3.05, 3.63) is 87.2 Å². The molecule has 9 heteroatoms. The van der Waals surface area contributed by atoms with Crippen LogP contribution in [0, 0.1) is 6.92 Å². The molecule has 0 radical (unpaired) electrons. The number of carbonyl (C=O) groups is 2. The summed E-state index contributed by atoms with van der Waals surface area (Å²) in [6.07, 6.45) is 0. The molecule has 4 rings (SSSR count). The fraction of sp³-hybridized carbons (Fsp3) is 0.185. The van der Waals surface area contributed by atoms with Gasteiger partial charge in [-0.15, -0.1) is 0 Å². The third-order valence-electron chi connectivity index (χ3n) is 5.66. The number of para-hydroxylation sites is 1. The van der Waals surface area contributed by atoms with Crippen molar-refractivity contribution < 1.29 is 14.3 Å². The standard InChI is InChI=1S/C27H24ClN3O4S/c1-15-13-23(24(35-4)14-21(15)28)31-26(34)20-7-5-6-8-22(20)30-27(31)36-17(3)25(33)29-19-11-9-18(10-12-19)16(2)32/h5-14,17H,1-4H3,(H,29,33). The van der Waals surface area contributed by atoms with Crippen molar-refractivity contribution in [1.29, 1.82) is 0 Å². The molecule has 1 amide bonds. The number of amides is 1. The van der Waals surface area contributed by atoms with Gasteiger partial charge in [0.2, 0.25) is 5.91 Å². The van der Waals surface area contributed by atoms with Crippen LogP contribution in [0.3, 0.4) is 0 Å². The van der Waals surface area contributed by atoms with E-state index >= 15 is 0 Å². The lowest BCUT2D eigenvalue weighted by atomic mass is 10.1. The van der Waals surface area contributed by atoms with Gasteiger partial charge in [0, 0.05) is 22.3 Å². The fourth-order valence-electron chi connectivity index (χ4n) is 3.63. The predicted molar refractivity (Wildman–Crippen MR) is 144 cm³/mol. The Morgan fingerprint density at radius 2 is 1.81 bits per heavy atom. The van der Waals surface area contributed by atoms with E-state index in [1.165, 1.54) is 18.6 Å². The highest BCUT2D eigenvalue weighted by molar-refractivity contribution is 8.00. The van der Waals surface area contributed by atoms with Gasteiger partial charge in [0.15, 0.2) is 10.9 Å². The van der Waals surface area contributed by atoms with Crippen LogP contribution in [-0.2, 0) is 4.79 Å². The lowest BCUT2D eigenvalue weighted by Crippen LogP contribution is -2.26. The van der Waals surface area contributed by atoms with E-state index in [-0.39, 0.29) is 17.2 Å². The van der Waals surface area contributed by atoms with Crippen molar-refractivity contribution in [2.24, 2.45) is 0 Å². The lowest BCUT2D eigenvalue weighted by Gasteiger charge is -2.19. The molecule has 1 atom stereocenters. The topological polar surface area (TPSA) is 90.3 Å². The molecule has 0 aliphatic carbocycles. The smallest absolute Gasteiger partial charge is 0.266 e. The van der Waals surface area contributed by atoms with Crippen LogP contribution in [0.1, 0.15) is 29.8 Å². The number of methoxy groups -OCH3 is 1. The monoisotopic (exact) mass is 521 g/mol. The zero-order valence-electron chi connectivity index (χ0n) is 20.2. The van der Waals surface area contributed by atoms with Gasteiger partial charge in [-0.1, -0.05) is 35.5 Å². The molecule has 0 saturated heterocycles. The average Bonchev–Trinajstić information content (AvgIpc) is 2.86. The Morgan fingerprint density at radius 3 is 2.47 bits per heavy atom. The van der Waals surface area contributed by atoms with Crippen molar-refractivity contribution in [3.8, 4) is 11.4 Å². The van der Waals surface area contributed by atoms with Crippen LogP contribution >= 0.6 is 23.4 Å². The number of hydrogen-bond acceptors (Lipinski definition) is 6. The molecule has 184 valence electrons. The van der Waals surface area contributed by atoms with Crippen LogP contribution in [0.2, 0.25) is 5.02 Å². The first-order valence-electron chi connectivity index (χ1n) is 11.1. The van der Waals surface area contributed by atoms with Crippen molar-refractivity contribution in [2.45, 2.75) is 31.2 Å². The van der Waals surface area contributed by atoms with Gasteiger partial charge in [0.1, 0.15) is 5.75 Å². The maximum absolute atomic E-state index is 13.6.